The summed E-state index contributed by atoms with van der Waals surface area (Å²) in [7, 11) is -5.37. The van der Waals surface area contributed by atoms with Crippen molar-refractivity contribution in [3.8, 4) is 0 Å². The number of ether oxygens (including phenoxy) is 4. The lowest BCUT2D eigenvalue weighted by Crippen LogP contribution is -2.67. The average molecular weight is 1030 g/mol. The van der Waals surface area contributed by atoms with E-state index in [0.29, 0.717) is 12.8 Å². The number of phosphoric acid groups is 1. The van der Waals surface area contributed by atoms with Crippen LogP contribution in [0, 0.1) is 0 Å². The lowest BCUT2D eigenvalue weighted by atomic mass is 9.84. The molecule has 9 N–H and O–H groups in total. The van der Waals surface area contributed by atoms with Gasteiger partial charge >= 0.3 is 19.8 Å². The maximum atomic E-state index is 13.4. The van der Waals surface area contributed by atoms with Gasteiger partial charge in [-0.05, 0) is 38.5 Å². The number of aliphatic hydroxyl groups excluding tert-OH is 8. The standard InChI is InChI=1S/C51H95O18P/c1-3-5-7-9-11-13-15-17-19-21-23-25-27-29-31-33-40(53)64-36-38(66-41(54)34-32-30-28-26-24-22-20-18-16-14-12-10-8-6-4-2)37-65-70(62,63)69-50-47(60)45(58)44(57)46(59)49(50)68-51-48(61)43(56)42(55)39(35-52)67-51/h18,20,38-39,42-52,55-61H,3-17,19,21-37H2,1-2H3,(H,62,63)/b20-18-/t38-,39?,42-,43?,44-,45?,46?,47?,48-,49-,50-,51-/m1/s1. The molecule has 2 fully saturated rings. The van der Waals surface area contributed by atoms with Crippen LogP contribution in [-0.2, 0) is 42.1 Å². The topological polar surface area (TPSA) is 289 Å². The molecule has 6 unspecified atom stereocenters. The first-order chi connectivity index (χ1) is 33.7. The Morgan fingerprint density at radius 1 is 0.529 bits per heavy atom. The molecule has 0 amide bonds. The van der Waals surface area contributed by atoms with Gasteiger partial charge in [-0.2, -0.15) is 0 Å². The summed E-state index contributed by atoms with van der Waals surface area (Å²) in [5, 5.41) is 83.0. The largest absolute Gasteiger partial charge is 0.472 e. The summed E-state index contributed by atoms with van der Waals surface area (Å²) in [6.45, 7) is 2.24. The molecule has 1 saturated carbocycles. The van der Waals surface area contributed by atoms with E-state index in [0.717, 1.165) is 64.2 Å². The van der Waals surface area contributed by atoms with E-state index in [1.54, 1.807) is 0 Å². The third kappa shape index (κ3) is 27.1. The van der Waals surface area contributed by atoms with Gasteiger partial charge in [0.05, 0.1) is 13.2 Å². The number of aliphatic hydroxyl groups is 8. The summed E-state index contributed by atoms with van der Waals surface area (Å²) in [5.74, 6) is -1.22. The quantitative estimate of drug-likeness (QED) is 0.0130. The first-order valence-electron chi connectivity index (χ1n) is 27.0. The molecule has 19 heteroatoms. The normalized spacial score (nSPS) is 27.4. The zero-order valence-corrected chi connectivity index (χ0v) is 43.5. The van der Waals surface area contributed by atoms with Crippen LogP contribution in [0.3, 0.4) is 0 Å². The van der Waals surface area contributed by atoms with Gasteiger partial charge in [0.2, 0.25) is 0 Å². The summed E-state index contributed by atoms with van der Waals surface area (Å²) >= 11 is 0. The molecule has 0 aromatic rings. The summed E-state index contributed by atoms with van der Waals surface area (Å²) < 4.78 is 45.5. The van der Waals surface area contributed by atoms with Crippen molar-refractivity contribution in [2.24, 2.45) is 0 Å². The Morgan fingerprint density at radius 3 is 1.41 bits per heavy atom. The molecular weight excluding hydrogens is 932 g/mol. The third-order valence-corrected chi connectivity index (χ3v) is 14.2. The zero-order valence-electron chi connectivity index (χ0n) is 42.6. The molecule has 1 saturated heterocycles. The van der Waals surface area contributed by atoms with Crippen LogP contribution in [0.4, 0.5) is 0 Å². The Balaban J connectivity index is 1.92. The number of rotatable bonds is 42. The Morgan fingerprint density at radius 2 is 0.943 bits per heavy atom. The maximum Gasteiger partial charge on any atom is 0.472 e. The molecule has 2 aliphatic rings. The maximum absolute atomic E-state index is 13.4. The molecule has 2 rings (SSSR count). The molecule has 1 aliphatic carbocycles. The minimum absolute atomic E-state index is 0.0261. The number of unbranched alkanes of at least 4 members (excludes halogenated alkanes) is 25. The monoisotopic (exact) mass is 1030 g/mol. The van der Waals surface area contributed by atoms with Gasteiger partial charge in [-0.25, -0.2) is 4.57 Å². The van der Waals surface area contributed by atoms with E-state index in [-0.39, 0.29) is 12.8 Å². The van der Waals surface area contributed by atoms with E-state index in [4.69, 9.17) is 28.0 Å². The molecule has 0 spiro atoms. The van der Waals surface area contributed by atoms with Crippen LogP contribution in [0.15, 0.2) is 12.2 Å². The molecule has 1 aliphatic heterocycles. The van der Waals surface area contributed by atoms with Crippen molar-refractivity contribution in [1.29, 1.82) is 0 Å². The Labute approximate surface area is 418 Å². The van der Waals surface area contributed by atoms with E-state index in [9.17, 15) is 59.9 Å². The lowest BCUT2D eigenvalue weighted by Gasteiger charge is -2.47. The molecule has 0 radical (unpaired) electrons. The summed E-state index contributed by atoms with van der Waals surface area (Å²) in [6, 6.07) is 0. The predicted molar refractivity (Wildman–Crippen MR) is 263 cm³/mol. The second-order valence-corrected chi connectivity index (χ2v) is 20.8. The molecule has 1 heterocycles. The molecule has 0 aromatic carbocycles. The summed E-state index contributed by atoms with van der Waals surface area (Å²) in [6.07, 6.45) is 12.8. The van der Waals surface area contributed by atoms with Gasteiger partial charge in [0.1, 0.15) is 67.6 Å². The highest BCUT2D eigenvalue weighted by Crippen LogP contribution is 2.48. The van der Waals surface area contributed by atoms with Gasteiger partial charge < -0.3 is 64.7 Å². The number of carbonyl (C=O) groups is 2. The van der Waals surface area contributed by atoms with Crippen molar-refractivity contribution in [3.05, 3.63) is 12.2 Å². The number of allylic oxidation sites excluding steroid dienone is 2. The Bertz CT molecular complexity index is 1410. The zero-order chi connectivity index (χ0) is 51.6. The van der Waals surface area contributed by atoms with Crippen molar-refractivity contribution >= 4 is 19.8 Å². The SMILES string of the molecule is CCCCCCCC/C=C\CCCCCCCC(=O)O[C@H](COC(=O)CCCCCCCCCCCCCCCCC)COP(=O)(O)O[C@@H]1C(O)C(O)[C@@H](O)C(O)[C@H]1O[C@H]1OC(CO)[C@@H](O)C(O)[C@H]1O. The highest BCUT2D eigenvalue weighted by atomic mass is 31.2. The number of hydrogen-bond acceptors (Lipinski definition) is 17. The van der Waals surface area contributed by atoms with Crippen LogP contribution < -0.4 is 0 Å². The predicted octanol–water partition coefficient (Wildman–Crippen LogP) is 6.88. The minimum Gasteiger partial charge on any atom is -0.462 e. The summed E-state index contributed by atoms with van der Waals surface area (Å²) in [5.41, 5.74) is 0. The van der Waals surface area contributed by atoms with Gasteiger partial charge in [0.25, 0.3) is 0 Å². The third-order valence-electron chi connectivity index (χ3n) is 13.2. The number of carbonyl (C=O) groups excluding carboxylic acids is 2. The van der Waals surface area contributed by atoms with E-state index < -0.39 is 113 Å². The second-order valence-electron chi connectivity index (χ2n) is 19.4. The van der Waals surface area contributed by atoms with Crippen LogP contribution in [-0.4, -0.2) is 151 Å². The van der Waals surface area contributed by atoms with Crippen LogP contribution >= 0.6 is 7.82 Å². The van der Waals surface area contributed by atoms with Crippen molar-refractivity contribution in [1.82, 2.24) is 0 Å². The first kappa shape index (κ1) is 64.5. The van der Waals surface area contributed by atoms with Crippen molar-refractivity contribution < 1.29 is 87.9 Å². The first-order valence-corrected chi connectivity index (χ1v) is 28.5. The molecule has 0 aromatic heterocycles. The van der Waals surface area contributed by atoms with E-state index in [1.165, 1.54) is 103 Å². The van der Waals surface area contributed by atoms with Crippen LogP contribution in [0.2, 0.25) is 0 Å². The average Bonchev–Trinajstić information content (AvgIpc) is 3.34. The van der Waals surface area contributed by atoms with Gasteiger partial charge in [0.15, 0.2) is 12.4 Å². The van der Waals surface area contributed by atoms with Crippen molar-refractivity contribution in [3.63, 3.8) is 0 Å². The Kier molecular flexibility index (Phi) is 35.8. The highest BCUT2D eigenvalue weighted by Gasteiger charge is 2.55. The number of esters is 2. The highest BCUT2D eigenvalue weighted by molar-refractivity contribution is 7.47. The van der Waals surface area contributed by atoms with Crippen LogP contribution in [0.1, 0.15) is 206 Å². The smallest absolute Gasteiger partial charge is 0.462 e. The van der Waals surface area contributed by atoms with Crippen molar-refractivity contribution in [2.45, 2.75) is 280 Å². The number of phosphoric ester groups is 1. The molecule has 70 heavy (non-hydrogen) atoms. The van der Waals surface area contributed by atoms with Gasteiger partial charge in [-0.3, -0.25) is 18.6 Å². The molecule has 0 bridgehead atoms. The molecular formula is C51H95O18P. The van der Waals surface area contributed by atoms with Gasteiger partial charge in [0, 0.05) is 12.8 Å². The molecule has 13 atom stereocenters. The fraction of sp³-hybridized carbons (Fsp3) is 0.922. The van der Waals surface area contributed by atoms with Gasteiger partial charge in [-0.15, -0.1) is 0 Å². The van der Waals surface area contributed by atoms with E-state index in [1.807, 2.05) is 0 Å². The number of hydrogen-bond donors (Lipinski definition) is 9. The summed E-state index contributed by atoms with van der Waals surface area (Å²) in [4.78, 5) is 36.6. The lowest BCUT2D eigenvalue weighted by molar-refractivity contribution is -0.338. The minimum atomic E-state index is -5.37. The van der Waals surface area contributed by atoms with Crippen LogP contribution in [0.5, 0.6) is 0 Å². The van der Waals surface area contributed by atoms with Crippen LogP contribution in [0.25, 0.3) is 0 Å². The van der Waals surface area contributed by atoms with Crippen molar-refractivity contribution in [2.75, 3.05) is 19.8 Å². The Hall–Kier alpha value is -1.61. The van der Waals surface area contributed by atoms with Gasteiger partial charge in [-0.1, -0.05) is 167 Å². The van der Waals surface area contributed by atoms with E-state index >= 15 is 0 Å². The molecule has 412 valence electrons. The second kappa shape index (κ2) is 38.9. The van der Waals surface area contributed by atoms with E-state index in [2.05, 4.69) is 26.0 Å². The fourth-order valence-electron chi connectivity index (χ4n) is 8.76. The fourth-order valence-corrected chi connectivity index (χ4v) is 9.73. The molecule has 18 nitrogen and oxygen atoms in total.